The molecule has 1 aliphatic rings. The predicted molar refractivity (Wildman–Crippen MR) is 91.7 cm³/mol. The Morgan fingerprint density at radius 1 is 1.00 bits per heavy atom. The van der Waals surface area contributed by atoms with Crippen molar-refractivity contribution in [2.45, 2.75) is 38.1 Å². The van der Waals surface area contributed by atoms with Gasteiger partial charge in [0.25, 0.3) is 0 Å². The van der Waals surface area contributed by atoms with Gasteiger partial charge in [0, 0.05) is 38.3 Å². The van der Waals surface area contributed by atoms with Gasteiger partial charge in [-0.25, -0.2) is 0 Å². The maximum absolute atomic E-state index is 3.39. The molecule has 1 aliphatic carbocycles. The number of hydrogen-bond acceptors (Lipinski definition) is 1. The van der Waals surface area contributed by atoms with Gasteiger partial charge in [-0.3, -0.25) is 0 Å². The number of rotatable bonds is 1. The third-order valence-corrected chi connectivity index (χ3v) is 6.65. The van der Waals surface area contributed by atoms with E-state index in [2.05, 4.69) is 99.1 Å². The summed E-state index contributed by atoms with van der Waals surface area (Å²) in [6.45, 7) is 0. The average molecular weight is 598 g/mol. The van der Waals surface area contributed by atoms with Gasteiger partial charge >= 0.3 is 81.7 Å². The number of aromatic nitrogens is 2. The van der Waals surface area contributed by atoms with Crippen LogP contribution in [-0.4, -0.2) is 18.1 Å². The molecule has 0 amide bonds. The fraction of sp³-hybridized carbons (Fsp3) is 0.533. The SMILES string of the molecule is BrN(Br)C1CCCCC1.Cn1[c](=[Pt])n(C)c2ccccc21. The topological polar surface area (TPSA) is 13.1 Å². The Hall–Kier alpha value is 0.298. The molecule has 120 valence electrons. The molecule has 1 heterocycles. The van der Waals surface area contributed by atoms with E-state index in [4.69, 9.17) is 0 Å². The molecule has 0 atom stereocenters. The Morgan fingerprint density at radius 3 is 1.86 bits per heavy atom. The molecule has 2 aromatic rings. The monoisotopic (exact) mass is 596 g/mol. The molecule has 3 rings (SSSR count). The summed E-state index contributed by atoms with van der Waals surface area (Å²) in [5.74, 6) is 0. The number of imidazole rings is 1. The molecule has 0 unspecified atom stereocenters. The van der Waals surface area contributed by atoms with Crippen molar-refractivity contribution in [1.29, 1.82) is 0 Å². The molecule has 0 bridgehead atoms. The maximum atomic E-state index is 3.39. The number of fused-ring (bicyclic) bond motifs is 1. The molecule has 0 radical (unpaired) electrons. The summed E-state index contributed by atoms with van der Waals surface area (Å²) in [5, 5.41) is 0. The van der Waals surface area contributed by atoms with Crippen LogP contribution in [0.2, 0.25) is 0 Å². The Morgan fingerprint density at radius 2 is 1.48 bits per heavy atom. The summed E-state index contributed by atoms with van der Waals surface area (Å²) in [4.78, 5) is 0. The molecule has 21 heavy (non-hydrogen) atoms. The fourth-order valence-electron chi connectivity index (χ4n) is 2.72. The molecule has 0 N–H and O–H groups in total. The van der Waals surface area contributed by atoms with E-state index in [1.54, 1.807) is 0 Å². The molecule has 0 spiro atoms. The summed E-state index contributed by atoms with van der Waals surface area (Å²) in [6, 6.07) is 9.13. The number of benzene rings is 1. The second kappa shape index (κ2) is 8.23. The van der Waals surface area contributed by atoms with Crippen molar-refractivity contribution in [1.82, 2.24) is 12.1 Å². The van der Waals surface area contributed by atoms with Crippen LogP contribution in [0.5, 0.6) is 0 Å². The van der Waals surface area contributed by atoms with Crippen LogP contribution in [0, 0.1) is 3.80 Å². The van der Waals surface area contributed by atoms with E-state index < -0.39 is 0 Å². The minimum atomic E-state index is 0.721. The molecular weight excluding hydrogens is 577 g/mol. The zero-order valence-corrected chi connectivity index (χ0v) is 17.8. The number of halogens is 2. The summed E-state index contributed by atoms with van der Waals surface area (Å²) >= 11 is 9.10. The normalized spacial score (nSPS) is 16.1. The van der Waals surface area contributed by atoms with E-state index in [0.29, 0.717) is 0 Å². The number of nitrogens with zero attached hydrogens (tertiary/aromatic N) is 3. The van der Waals surface area contributed by atoms with Gasteiger partial charge in [-0.05, 0) is 12.8 Å². The molecule has 1 saturated carbocycles. The van der Waals surface area contributed by atoms with Crippen molar-refractivity contribution in [2.75, 3.05) is 0 Å². The Bertz CT molecular complexity index is 600. The van der Waals surface area contributed by atoms with Gasteiger partial charge in [-0.15, -0.1) is 0 Å². The first-order chi connectivity index (χ1) is 10.0. The van der Waals surface area contributed by atoms with Gasteiger partial charge in [-0.2, -0.15) is 2.95 Å². The van der Waals surface area contributed by atoms with Crippen molar-refractivity contribution in [3.63, 3.8) is 0 Å². The average Bonchev–Trinajstić information content (AvgIpc) is 2.74. The molecule has 1 fully saturated rings. The Balaban J connectivity index is 0.000000161. The van der Waals surface area contributed by atoms with Crippen LogP contribution in [0.1, 0.15) is 32.1 Å². The third-order valence-electron chi connectivity index (χ3n) is 3.97. The van der Waals surface area contributed by atoms with Crippen molar-refractivity contribution in [3.05, 3.63) is 28.1 Å². The number of para-hydroxylation sites is 2. The molecule has 1 aromatic carbocycles. The van der Waals surface area contributed by atoms with Crippen LogP contribution in [0.4, 0.5) is 0 Å². The van der Waals surface area contributed by atoms with E-state index in [1.807, 2.05) is 2.95 Å². The quantitative estimate of drug-likeness (QED) is 0.429. The molecule has 3 nitrogen and oxygen atoms in total. The van der Waals surface area contributed by atoms with Crippen molar-refractivity contribution >= 4 is 43.3 Å². The number of hydrogen-bond donors (Lipinski definition) is 0. The molecule has 6 heteroatoms. The zero-order chi connectivity index (χ0) is 15.4. The van der Waals surface area contributed by atoms with Crippen LogP contribution >= 0.6 is 32.3 Å². The standard InChI is InChI=1S/C9H10N2.C6H11Br2N.Pt/c1-10-7-11(2)9-6-4-3-5-8(9)10;7-9(8)6-4-2-1-3-5-6;/h3-6H,1-2H3;6H,1-5H2;. The van der Waals surface area contributed by atoms with Gasteiger partial charge in [-0.1, -0.05) is 19.3 Å². The van der Waals surface area contributed by atoms with Gasteiger partial charge < -0.3 is 0 Å². The van der Waals surface area contributed by atoms with E-state index in [-0.39, 0.29) is 0 Å². The van der Waals surface area contributed by atoms with Gasteiger partial charge in [0.15, 0.2) is 0 Å². The third kappa shape index (κ3) is 4.40. The first-order valence-corrected chi connectivity index (χ1v) is 9.74. The molecule has 0 saturated heterocycles. The summed E-state index contributed by atoms with van der Waals surface area (Å²) < 4.78 is 7.61. The first-order valence-electron chi connectivity index (χ1n) is 7.19. The molecular formula is C15H21Br2N3Pt. The fourth-order valence-corrected chi connectivity index (χ4v) is 4.08. The Labute approximate surface area is 154 Å². The minimum absolute atomic E-state index is 0.721. The Kier molecular flexibility index (Phi) is 6.92. The summed E-state index contributed by atoms with van der Waals surface area (Å²) in [5.41, 5.74) is 2.56. The van der Waals surface area contributed by atoms with Gasteiger partial charge in [0.05, 0.1) is 0 Å². The van der Waals surface area contributed by atoms with Crippen molar-refractivity contribution in [3.8, 4) is 0 Å². The van der Waals surface area contributed by atoms with Crippen molar-refractivity contribution in [2.24, 2.45) is 14.1 Å². The second-order valence-electron chi connectivity index (χ2n) is 5.40. The first kappa shape index (κ1) is 17.6. The number of aryl methyl sites for hydroxylation is 2. The molecule has 0 aliphatic heterocycles. The van der Waals surface area contributed by atoms with Crippen LogP contribution in [0.15, 0.2) is 24.3 Å². The van der Waals surface area contributed by atoms with Crippen LogP contribution in [-0.2, 0) is 33.4 Å². The van der Waals surface area contributed by atoms with E-state index in [1.165, 1.54) is 46.9 Å². The molecule has 1 aromatic heterocycles. The second-order valence-corrected chi connectivity index (χ2v) is 8.90. The van der Waals surface area contributed by atoms with Gasteiger partial charge in [0.1, 0.15) is 0 Å². The van der Waals surface area contributed by atoms with Gasteiger partial charge in [0.2, 0.25) is 0 Å². The van der Waals surface area contributed by atoms with E-state index in [0.717, 1.165) is 6.04 Å². The van der Waals surface area contributed by atoms with E-state index >= 15 is 0 Å². The van der Waals surface area contributed by atoms with Crippen LogP contribution in [0.25, 0.3) is 11.0 Å². The summed E-state index contributed by atoms with van der Waals surface area (Å²) in [7, 11) is 4.18. The zero-order valence-electron chi connectivity index (χ0n) is 12.3. The van der Waals surface area contributed by atoms with E-state index in [9.17, 15) is 0 Å². The predicted octanol–water partition coefficient (Wildman–Crippen LogP) is 4.84. The summed E-state index contributed by atoms with van der Waals surface area (Å²) in [6.07, 6.45) is 6.86. The van der Waals surface area contributed by atoms with Crippen molar-refractivity contribution < 1.29 is 19.4 Å². The van der Waals surface area contributed by atoms with Crippen LogP contribution in [0.3, 0.4) is 0 Å². The van der Waals surface area contributed by atoms with Crippen LogP contribution < -0.4 is 0 Å².